The number of aromatic amines is 1. The van der Waals surface area contributed by atoms with Crippen molar-refractivity contribution in [1.82, 2.24) is 15.3 Å². The van der Waals surface area contributed by atoms with E-state index in [1.54, 1.807) is 18.2 Å². The van der Waals surface area contributed by atoms with Crippen molar-refractivity contribution in [2.75, 3.05) is 0 Å². The summed E-state index contributed by atoms with van der Waals surface area (Å²) < 4.78 is 13.7. The number of hydrogen-bond acceptors (Lipinski definition) is 2. The highest BCUT2D eigenvalue weighted by molar-refractivity contribution is 5.83. The summed E-state index contributed by atoms with van der Waals surface area (Å²) in [7, 11) is 0. The average molecular weight is 309 g/mol. The zero-order valence-corrected chi connectivity index (χ0v) is 12.4. The predicted octanol–water partition coefficient (Wildman–Crippen LogP) is 3.12. The molecule has 1 aromatic heterocycles. The Kier molecular flexibility index (Phi) is 3.33. The number of nitrogens with one attached hydrogen (secondary N) is 2. The minimum absolute atomic E-state index is 0.00752. The van der Waals surface area contributed by atoms with Crippen molar-refractivity contribution < 1.29 is 9.18 Å². The van der Waals surface area contributed by atoms with Crippen LogP contribution in [0.5, 0.6) is 0 Å². The number of fused-ring (bicyclic) bond motifs is 1. The van der Waals surface area contributed by atoms with E-state index in [9.17, 15) is 9.18 Å². The van der Waals surface area contributed by atoms with Gasteiger partial charge in [-0.05, 0) is 36.1 Å². The minimum Gasteiger partial charge on any atom is -0.349 e. The van der Waals surface area contributed by atoms with Gasteiger partial charge in [-0.2, -0.15) is 0 Å². The van der Waals surface area contributed by atoms with Crippen LogP contribution in [0.15, 0.2) is 48.5 Å². The average Bonchev–Trinajstić information content (AvgIpc) is 3.24. The van der Waals surface area contributed by atoms with Crippen LogP contribution in [0.2, 0.25) is 0 Å². The Balaban J connectivity index is 1.39. The summed E-state index contributed by atoms with van der Waals surface area (Å²) in [6.07, 6.45) is 0.701. The lowest BCUT2D eigenvalue weighted by Crippen LogP contribution is -2.25. The topological polar surface area (TPSA) is 57.8 Å². The van der Waals surface area contributed by atoms with Crippen LogP contribution in [0.3, 0.4) is 0 Å². The van der Waals surface area contributed by atoms with Gasteiger partial charge in [-0.15, -0.1) is 0 Å². The van der Waals surface area contributed by atoms with Gasteiger partial charge in [-0.3, -0.25) is 4.79 Å². The molecule has 1 aliphatic carbocycles. The van der Waals surface area contributed by atoms with E-state index in [1.165, 1.54) is 6.07 Å². The smallest absolute Gasteiger partial charge is 0.224 e. The van der Waals surface area contributed by atoms with Gasteiger partial charge >= 0.3 is 0 Å². The van der Waals surface area contributed by atoms with Crippen LogP contribution in [-0.4, -0.2) is 15.9 Å². The minimum atomic E-state index is -0.231. The number of carbonyl (C=O) groups is 1. The van der Waals surface area contributed by atoms with E-state index in [0.717, 1.165) is 16.9 Å². The first-order valence-corrected chi connectivity index (χ1v) is 7.68. The molecule has 5 heteroatoms. The molecule has 2 aromatic carbocycles. The van der Waals surface area contributed by atoms with Crippen molar-refractivity contribution in [3.63, 3.8) is 0 Å². The molecule has 0 saturated heterocycles. The van der Waals surface area contributed by atoms with Gasteiger partial charge in [0, 0.05) is 5.92 Å². The molecule has 0 bridgehead atoms. The Labute approximate surface area is 132 Å². The second kappa shape index (κ2) is 5.50. The van der Waals surface area contributed by atoms with Crippen molar-refractivity contribution in [2.45, 2.75) is 18.9 Å². The van der Waals surface area contributed by atoms with Crippen LogP contribution < -0.4 is 5.32 Å². The third kappa shape index (κ3) is 2.70. The van der Waals surface area contributed by atoms with E-state index in [0.29, 0.717) is 18.5 Å². The zero-order valence-electron chi connectivity index (χ0n) is 12.4. The Morgan fingerprint density at radius 2 is 2.00 bits per heavy atom. The molecule has 0 spiro atoms. The van der Waals surface area contributed by atoms with Gasteiger partial charge in [0.2, 0.25) is 5.91 Å². The molecule has 0 aliphatic heterocycles. The van der Waals surface area contributed by atoms with Crippen molar-refractivity contribution in [3.8, 4) is 0 Å². The molecule has 3 aromatic rings. The third-order valence-corrected chi connectivity index (χ3v) is 4.30. The Morgan fingerprint density at radius 1 is 1.22 bits per heavy atom. The number of carbonyl (C=O) groups excluding carboxylic acids is 1. The number of nitrogens with zero attached hydrogens (tertiary/aromatic N) is 1. The number of benzene rings is 2. The SMILES string of the molecule is O=C(NCc1nc2ccccc2[nH]1)[C@H]1C[C@H]1c1ccccc1F. The van der Waals surface area contributed by atoms with Crippen LogP contribution >= 0.6 is 0 Å². The van der Waals surface area contributed by atoms with Gasteiger partial charge in [0.15, 0.2) is 0 Å². The maximum atomic E-state index is 13.7. The fourth-order valence-electron chi connectivity index (χ4n) is 3.00. The van der Waals surface area contributed by atoms with Crippen LogP contribution in [-0.2, 0) is 11.3 Å². The molecule has 23 heavy (non-hydrogen) atoms. The molecule has 1 fully saturated rings. The van der Waals surface area contributed by atoms with Gasteiger partial charge in [-0.25, -0.2) is 9.37 Å². The first-order valence-electron chi connectivity index (χ1n) is 7.68. The van der Waals surface area contributed by atoms with Crippen LogP contribution in [0.25, 0.3) is 11.0 Å². The quantitative estimate of drug-likeness (QED) is 0.778. The lowest BCUT2D eigenvalue weighted by atomic mass is 10.1. The summed E-state index contributed by atoms with van der Waals surface area (Å²) in [5.41, 5.74) is 2.47. The molecule has 0 radical (unpaired) electrons. The fourth-order valence-corrected chi connectivity index (χ4v) is 3.00. The molecule has 4 rings (SSSR count). The molecule has 116 valence electrons. The lowest BCUT2D eigenvalue weighted by Gasteiger charge is -2.04. The van der Waals surface area contributed by atoms with Gasteiger partial charge in [0.1, 0.15) is 11.6 Å². The standard InChI is InChI=1S/C18H16FN3O/c19-14-6-2-1-5-11(14)12-9-13(12)18(23)20-10-17-21-15-7-3-4-8-16(15)22-17/h1-8,12-13H,9-10H2,(H,20,23)(H,21,22)/t12-,13-/m0/s1. The summed E-state index contributed by atoms with van der Waals surface area (Å²) in [5, 5.41) is 2.89. The summed E-state index contributed by atoms with van der Waals surface area (Å²) in [4.78, 5) is 19.8. The summed E-state index contributed by atoms with van der Waals surface area (Å²) in [6.45, 7) is 0.355. The number of H-pyrrole nitrogens is 1. The first-order chi connectivity index (χ1) is 11.2. The summed E-state index contributed by atoms with van der Waals surface area (Å²) >= 11 is 0. The van der Waals surface area contributed by atoms with E-state index in [1.807, 2.05) is 24.3 Å². The molecule has 1 heterocycles. The number of hydrogen-bond donors (Lipinski definition) is 2. The zero-order chi connectivity index (χ0) is 15.8. The van der Waals surface area contributed by atoms with Crippen LogP contribution in [0.4, 0.5) is 4.39 Å². The predicted molar refractivity (Wildman–Crippen MR) is 85.2 cm³/mol. The van der Waals surface area contributed by atoms with E-state index >= 15 is 0 Å². The lowest BCUT2D eigenvalue weighted by molar-refractivity contribution is -0.122. The third-order valence-electron chi connectivity index (χ3n) is 4.30. The van der Waals surface area contributed by atoms with Gasteiger partial charge in [-0.1, -0.05) is 30.3 Å². The molecule has 2 atom stereocenters. The second-order valence-electron chi connectivity index (χ2n) is 5.89. The molecule has 1 saturated carbocycles. The van der Waals surface area contributed by atoms with E-state index in [4.69, 9.17) is 0 Å². The largest absolute Gasteiger partial charge is 0.349 e. The number of halogens is 1. The highest BCUT2D eigenvalue weighted by atomic mass is 19.1. The Hall–Kier alpha value is -2.69. The highest BCUT2D eigenvalue weighted by Gasteiger charge is 2.44. The van der Waals surface area contributed by atoms with Crippen molar-refractivity contribution in [3.05, 3.63) is 65.7 Å². The molecular weight excluding hydrogens is 293 g/mol. The molecule has 0 unspecified atom stereocenters. The normalized spacial score (nSPS) is 19.7. The van der Waals surface area contributed by atoms with Gasteiger partial charge < -0.3 is 10.3 Å². The second-order valence-corrected chi connectivity index (χ2v) is 5.89. The maximum absolute atomic E-state index is 13.7. The highest BCUT2D eigenvalue weighted by Crippen LogP contribution is 2.48. The van der Waals surface area contributed by atoms with Crippen molar-refractivity contribution >= 4 is 16.9 Å². The molecular formula is C18H16FN3O. The van der Waals surface area contributed by atoms with Gasteiger partial charge in [0.25, 0.3) is 0 Å². The Bertz CT molecular complexity index is 840. The number of imidazole rings is 1. The first kappa shape index (κ1) is 13.9. The number of para-hydroxylation sites is 2. The fraction of sp³-hybridized carbons (Fsp3) is 0.222. The molecule has 1 amide bonds. The van der Waals surface area contributed by atoms with Crippen molar-refractivity contribution in [2.24, 2.45) is 5.92 Å². The van der Waals surface area contributed by atoms with Crippen LogP contribution in [0, 0.1) is 11.7 Å². The summed E-state index contributed by atoms with van der Waals surface area (Å²) in [5.74, 6) is 0.301. The number of aromatic nitrogens is 2. The molecule has 2 N–H and O–H groups in total. The van der Waals surface area contributed by atoms with Crippen molar-refractivity contribution in [1.29, 1.82) is 0 Å². The van der Waals surface area contributed by atoms with Gasteiger partial charge in [0.05, 0.1) is 17.6 Å². The summed E-state index contributed by atoms with van der Waals surface area (Å²) in [6, 6.07) is 14.4. The Morgan fingerprint density at radius 3 is 2.83 bits per heavy atom. The molecule has 4 nitrogen and oxygen atoms in total. The molecule has 1 aliphatic rings. The number of rotatable bonds is 4. The van der Waals surface area contributed by atoms with E-state index in [2.05, 4.69) is 15.3 Å². The van der Waals surface area contributed by atoms with Crippen LogP contribution in [0.1, 0.15) is 23.7 Å². The van der Waals surface area contributed by atoms with E-state index < -0.39 is 0 Å². The van der Waals surface area contributed by atoms with E-state index in [-0.39, 0.29) is 23.6 Å². The number of amides is 1. The monoisotopic (exact) mass is 309 g/mol. The maximum Gasteiger partial charge on any atom is 0.224 e.